The van der Waals surface area contributed by atoms with Crippen LogP contribution in [0.3, 0.4) is 0 Å². The van der Waals surface area contributed by atoms with Gasteiger partial charge in [0.1, 0.15) is 11.6 Å². The van der Waals surface area contributed by atoms with Crippen LogP contribution in [0.5, 0.6) is 0 Å². The summed E-state index contributed by atoms with van der Waals surface area (Å²) < 4.78 is 26.8. The van der Waals surface area contributed by atoms with E-state index in [0.717, 1.165) is 37.6 Å². The van der Waals surface area contributed by atoms with Gasteiger partial charge in [0, 0.05) is 18.0 Å². The van der Waals surface area contributed by atoms with Gasteiger partial charge in [-0.2, -0.15) is 0 Å². The molecule has 1 N–H and O–H groups in total. The van der Waals surface area contributed by atoms with Crippen LogP contribution in [0.1, 0.15) is 39.2 Å². The van der Waals surface area contributed by atoms with Gasteiger partial charge in [0.15, 0.2) is 0 Å². The maximum absolute atomic E-state index is 13.4. The molecular weight excluding hydrogens is 244 g/mol. The van der Waals surface area contributed by atoms with Gasteiger partial charge in [0.2, 0.25) is 0 Å². The summed E-state index contributed by atoms with van der Waals surface area (Å²) in [6.45, 7) is 8.21. The molecule has 1 nitrogen and oxygen atoms in total. The minimum atomic E-state index is -0.472. The fraction of sp³-hybridized carbons (Fsp3) is 0.625. The third-order valence-corrected chi connectivity index (χ3v) is 4.16. The maximum atomic E-state index is 13.4. The molecule has 2 unspecified atom stereocenters. The van der Waals surface area contributed by atoms with E-state index in [9.17, 15) is 8.78 Å². The molecule has 1 aromatic rings. The summed E-state index contributed by atoms with van der Waals surface area (Å²) in [5.74, 6) is 0.174. The van der Waals surface area contributed by atoms with Gasteiger partial charge in [-0.1, -0.05) is 27.2 Å². The zero-order valence-electron chi connectivity index (χ0n) is 12.0. The van der Waals surface area contributed by atoms with Crippen LogP contribution in [-0.4, -0.2) is 13.1 Å². The lowest BCUT2D eigenvalue weighted by Crippen LogP contribution is -2.31. The van der Waals surface area contributed by atoms with E-state index in [-0.39, 0.29) is 5.41 Å². The summed E-state index contributed by atoms with van der Waals surface area (Å²) in [5.41, 5.74) is 0.750. The fourth-order valence-electron chi connectivity index (χ4n) is 3.01. The highest BCUT2D eigenvalue weighted by molar-refractivity contribution is 5.35. The highest BCUT2D eigenvalue weighted by atomic mass is 19.1. The van der Waals surface area contributed by atoms with Crippen molar-refractivity contribution in [2.24, 2.45) is 11.8 Å². The number of rotatable bonds is 6. The molecule has 0 aliphatic heterocycles. The third-order valence-electron chi connectivity index (χ3n) is 4.16. The number of nitrogens with one attached hydrogen (secondary N) is 1. The molecule has 0 amide bonds. The Kier molecular flexibility index (Phi) is 4.24. The third kappa shape index (κ3) is 3.14. The zero-order valence-corrected chi connectivity index (χ0v) is 12.0. The Morgan fingerprint density at radius 1 is 1.26 bits per heavy atom. The van der Waals surface area contributed by atoms with Crippen molar-refractivity contribution >= 4 is 0 Å². The van der Waals surface area contributed by atoms with Gasteiger partial charge >= 0.3 is 0 Å². The maximum Gasteiger partial charge on any atom is 0.126 e. The van der Waals surface area contributed by atoms with Crippen LogP contribution in [-0.2, 0) is 5.41 Å². The van der Waals surface area contributed by atoms with Crippen molar-refractivity contribution in [2.75, 3.05) is 13.1 Å². The first-order valence-corrected chi connectivity index (χ1v) is 7.15. The first kappa shape index (κ1) is 14.4. The molecule has 1 fully saturated rings. The molecule has 2 atom stereocenters. The van der Waals surface area contributed by atoms with Crippen molar-refractivity contribution < 1.29 is 8.78 Å². The molecule has 1 aliphatic carbocycles. The second-order valence-electron chi connectivity index (χ2n) is 6.15. The second kappa shape index (κ2) is 5.58. The molecule has 1 aromatic carbocycles. The molecular formula is C16H23F2N. The SMILES string of the molecule is CCC1CC1(CNCC(C)C)c1cc(F)cc(F)c1. The Bertz CT molecular complexity index is 424. The summed E-state index contributed by atoms with van der Waals surface area (Å²) in [4.78, 5) is 0. The van der Waals surface area contributed by atoms with Gasteiger partial charge in [-0.05, 0) is 42.5 Å². The smallest absolute Gasteiger partial charge is 0.126 e. The summed E-state index contributed by atoms with van der Waals surface area (Å²) in [6, 6.07) is 3.94. The lowest BCUT2D eigenvalue weighted by Gasteiger charge is -2.20. The van der Waals surface area contributed by atoms with Crippen LogP contribution in [0, 0.1) is 23.5 Å². The number of benzene rings is 1. The monoisotopic (exact) mass is 267 g/mol. The van der Waals surface area contributed by atoms with E-state index in [1.807, 2.05) is 0 Å². The van der Waals surface area contributed by atoms with E-state index < -0.39 is 11.6 Å². The quantitative estimate of drug-likeness (QED) is 0.825. The number of halogens is 2. The first-order chi connectivity index (χ1) is 8.98. The highest BCUT2D eigenvalue weighted by Gasteiger charge is 2.53. The normalized spacial score (nSPS) is 25.9. The second-order valence-corrected chi connectivity index (χ2v) is 6.15. The van der Waals surface area contributed by atoms with E-state index in [2.05, 4.69) is 26.1 Å². The van der Waals surface area contributed by atoms with Crippen LogP contribution < -0.4 is 5.32 Å². The Morgan fingerprint density at radius 2 is 1.89 bits per heavy atom. The lowest BCUT2D eigenvalue weighted by atomic mass is 9.91. The molecule has 1 aliphatic rings. The topological polar surface area (TPSA) is 12.0 Å². The molecule has 19 heavy (non-hydrogen) atoms. The van der Waals surface area contributed by atoms with E-state index in [4.69, 9.17) is 0 Å². The van der Waals surface area contributed by atoms with E-state index in [1.54, 1.807) is 0 Å². The molecule has 0 radical (unpaired) electrons. The molecule has 3 heteroatoms. The summed E-state index contributed by atoms with van der Waals surface area (Å²) in [6.07, 6.45) is 2.08. The summed E-state index contributed by atoms with van der Waals surface area (Å²) in [5, 5.41) is 3.44. The van der Waals surface area contributed by atoms with Gasteiger partial charge in [0.25, 0.3) is 0 Å². The highest BCUT2D eigenvalue weighted by Crippen LogP contribution is 2.55. The molecule has 0 spiro atoms. The van der Waals surface area contributed by atoms with Crippen molar-refractivity contribution in [1.82, 2.24) is 5.32 Å². The summed E-state index contributed by atoms with van der Waals surface area (Å²) >= 11 is 0. The van der Waals surface area contributed by atoms with Gasteiger partial charge < -0.3 is 5.32 Å². The molecule has 106 valence electrons. The molecule has 0 aromatic heterocycles. The fourth-order valence-corrected chi connectivity index (χ4v) is 3.01. The van der Waals surface area contributed by atoms with E-state index >= 15 is 0 Å². The van der Waals surface area contributed by atoms with E-state index in [1.165, 1.54) is 12.1 Å². The van der Waals surface area contributed by atoms with Gasteiger partial charge in [-0.25, -0.2) is 8.78 Å². The molecule has 0 saturated heterocycles. The van der Waals surface area contributed by atoms with Gasteiger partial charge in [-0.15, -0.1) is 0 Å². The van der Waals surface area contributed by atoms with Crippen LogP contribution >= 0.6 is 0 Å². The van der Waals surface area contributed by atoms with Crippen LogP contribution in [0.4, 0.5) is 8.78 Å². The number of hydrogen-bond acceptors (Lipinski definition) is 1. The molecule has 2 rings (SSSR count). The molecule has 1 saturated carbocycles. The van der Waals surface area contributed by atoms with Crippen LogP contribution in [0.15, 0.2) is 18.2 Å². The minimum absolute atomic E-state index is 0.0629. The van der Waals surface area contributed by atoms with Gasteiger partial charge in [0.05, 0.1) is 0 Å². The Morgan fingerprint density at radius 3 is 2.37 bits per heavy atom. The van der Waals surface area contributed by atoms with Crippen LogP contribution in [0.25, 0.3) is 0 Å². The minimum Gasteiger partial charge on any atom is -0.316 e. The van der Waals surface area contributed by atoms with Crippen molar-refractivity contribution in [2.45, 2.75) is 39.0 Å². The van der Waals surface area contributed by atoms with Crippen LogP contribution in [0.2, 0.25) is 0 Å². The van der Waals surface area contributed by atoms with Crippen molar-refractivity contribution in [1.29, 1.82) is 0 Å². The first-order valence-electron chi connectivity index (χ1n) is 7.15. The Labute approximate surface area is 114 Å². The van der Waals surface area contributed by atoms with E-state index in [0.29, 0.717) is 11.8 Å². The Balaban J connectivity index is 2.15. The van der Waals surface area contributed by atoms with Crippen molar-refractivity contribution in [3.8, 4) is 0 Å². The molecule has 0 heterocycles. The average molecular weight is 267 g/mol. The molecule has 0 bridgehead atoms. The van der Waals surface area contributed by atoms with Gasteiger partial charge in [-0.3, -0.25) is 0 Å². The summed E-state index contributed by atoms with van der Waals surface area (Å²) in [7, 11) is 0. The average Bonchev–Trinajstić information content (AvgIpc) is 3.02. The van der Waals surface area contributed by atoms with Crippen molar-refractivity contribution in [3.63, 3.8) is 0 Å². The lowest BCUT2D eigenvalue weighted by molar-refractivity contribution is 0.478. The largest absolute Gasteiger partial charge is 0.316 e. The number of hydrogen-bond donors (Lipinski definition) is 1. The predicted octanol–water partition coefficient (Wildman–Crippen LogP) is 3.88. The Hall–Kier alpha value is -0.960. The zero-order chi connectivity index (χ0) is 14.0. The van der Waals surface area contributed by atoms with Crippen molar-refractivity contribution in [3.05, 3.63) is 35.4 Å². The standard InChI is InChI=1S/C16H23F2N/c1-4-12-8-16(12,10-19-9-11(2)3)13-5-14(17)7-15(18)6-13/h5-7,11-12,19H,4,8-10H2,1-3H3. The predicted molar refractivity (Wildman–Crippen MR) is 74.1 cm³/mol.